The molecule has 0 aliphatic carbocycles. The molecule has 2 saturated heterocycles. The molecule has 2 fully saturated rings. The highest BCUT2D eigenvalue weighted by molar-refractivity contribution is 5.14. The van der Waals surface area contributed by atoms with Crippen molar-refractivity contribution >= 4 is 0 Å². The van der Waals surface area contributed by atoms with E-state index >= 15 is 0 Å². The van der Waals surface area contributed by atoms with Crippen LogP contribution in [0.5, 0.6) is 0 Å². The van der Waals surface area contributed by atoms with Crippen molar-refractivity contribution in [2.75, 3.05) is 32.8 Å². The van der Waals surface area contributed by atoms with Crippen molar-refractivity contribution in [3.05, 3.63) is 41.7 Å². The van der Waals surface area contributed by atoms with E-state index in [9.17, 15) is 0 Å². The number of hydrogen-bond donors (Lipinski definition) is 0. The first-order valence-corrected chi connectivity index (χ1v) is 10.2. The van der Waals surface area contributed by atoms with Crippen LogP contribution >= 0.6 is 0 Å². The van der Waals surface area contributed by atoms with E-state index in [1.54, 1.807) is 0 Å². The number of hydrogen-bond acceptors (Lipinski definition) is 6. The van der Waals surface area contributed by atoms with Crippen LogP contribution in [0.4, 0.5) is 0 Å². The standard InChI is InChI=1S/C20H30N6O/c1-2-19(20-21-22-23-26(20)16-18-9-6-14-27-18)25-12-10-24(11-13-25)15-17-7-4-3-5-8-17/h3-5,7-8,18-19H,2,6,9-16H2,1H3/t18-,19+/m0/s1. The number of piperazine rings is 1. The van der Waals surface area contributed by atoms with Crippen LogP contribution in [0.2, 0.25) is 0 Å². The summed E-state index contributed by atoms with van der Waals surface area (Å²) >= 11 is 0. The Morgan fingerprint density at radius 1 is 1.15 bits per heavy atom. The molecule has 3 heterocycles. The molecule has 7 heteroatoms. The normalized spacial score (nSPS) is 22.9. The van der Waals surface area contributed by atoms with Crippen molar-refractivity contribution in [2.24, 2.45) is 0 Å². The number of aromatic nitrogens is 4. The van der Waals surface area contributed by atoms with E-state index in [1.165, 1.54) is 5.56 Å². The van der Waals surface area contributed by atoms with Crippen molar-refractivity contribution < 1.29 is 4.74 Å². The molecule has 7 nitrogen and oxygen atoms in total. The molecule has 1 aromatic carbocycles. The maximum atomic E-state index is 5.77. The highest BCUT2D eigenvalue weighted by Gasteiger charge is 2.29. The Labute approximate surface area is 161 Å². The second-order valence-corrected chi connectivity index (χ2v) is 7.58. The molecule has 4 rings (SSSR count). The van der Waals surface area contributed by atoms with E-state index in [0.29, 0.717) is 0 Å². The maximum absolute atomic E-state index is 5.77. The Balaban J connectivity index is 1.36. The first-order valence-electron chi connectivity index (χ1n) is 10.2. The largest absolute Gasteiger partial charge is 0.376 e. The van der Waals surface area contributed by atoms with E-state index in [2.05, 4.69) is 62.6 Å². The molecule has 27 heavy (non-hydrogen) atoms. The Morgan fingerprint density at radius 3 is 2.67 bits per heavy atom. The fourth-order valence-corrected chi connectivity index (χ4v) is 4.24. The summed E-state index contributed by atoms with van der Waals surface area (Å²) in [7, 11) is 0. The fourth-order valence-electron chi connectivity index (χ4n) is 4.24. The van der Waals surface area contributed by atoms with Gasteiger partial charge in [-0.3, -0.25) is 9.80 Å². The third-order valence-corrected chi connectivity index (χ3v) is 5.74. The van der Waals surface area contributed by atoms with E-state index in [4.69, 9.17) is 4.74 Å². The zero-order valence-electron chi connectivity index (χ0n) is 16.2. The quantitative estimate of drug-likeness (QED) is 0.744. The number of benzene rings is 1. The van der Waals surface area contributed by atoms with E-state index in [1.807, 2.05) is 4.68 Å². The van der Waals surface area contributed by atoms with Crippen LogP contribution in [-0.4, -0.2) is 68.9 Å². The fraction of sp³-hybridized carbons (Fsp3) is 0.650. The Morgan fingerprint density at radius 2 is 1.96 bits per heavy atom. The van der Waals surface area contributed by atoms with Crippen molar-refractivity contribution in [1.82, 2.24) is 30.0 Å². The first kappa shape index (κ1) is 18.5. The third-order valence-electron chi connectivity index (χ3n) is 5.74. The monoisotopic (exact) mass is 370 g/mol. The van der Waals surface area contributed by atoms with Crippen LogP contribution in [0.3, 0.4) is 0 Å². The van der Waals surface area contributed by atoms with Gasteiger partial charge in [-0.2, -0.15) is 0 Å². The SMILES string of the molecule is CC[C@H](c1nnnn1C[C@@H]1CCCO1)N1CCN(Cc2ccccc2)CC1. The van der Waals surface area contributed by atoms with E-state index < -0.39 is 0 Å². The van der Waals surface area contributed by atoms with Gasteiger partial charge in [-0.25, -0.2) is 4.68 Å². The molecule has 0 bridgehead atoms. The van der Waals surface area contributed by atoms with Gasteiger partial charge in [0, 0.05) is 39.3 Å². The van der Waals surface area contributed by atoms with Crippen LogP contribution in [0.25, 0.3) is 0 Å². The zero-order valence-corrected chi connectivity index (χ0v) is 16.2. The van der Waals surface area contributed by atoms with Crippen molar-refractivity contribution in [1.29, 1.82) is 0 Å². The van der Waals surface area contributed by atoms with Crippen LogP contribution in [0, 0.1) is 0 Å². The van der Waals surface area contributed by atoms with E-state index in [-0.39, 0.29) is 12.1 Å². The summed E-state index contributed by atoms with van der Waals surface area (Å²) in [5.74, 6) is 0.990. The Hall–Kier alpha value is -1.83. The van der Waals surface area contributed by atoms with Gasteiger partial charge < -0.3 is 4.74 Å². The lowest BCUT2D eigenvalue weighted by molar-refractivity contribution is 0.0752. The Bertz CT molecular complexity index is 692. The average molecular weight is 371 g/mol. The number of rotatable bonds is 7. The molecule has 2 aromatic rings. The molecule has 0 N–H and O–H groups in total. The predicted molar refractivity (Wildman–Crippen MR) is 103 cm³/mol. The molecule has 2 aliphatic rings. The maximum Gasteiger partial charge on any atom is 0.168 e. The summed E-state index contributed by atoms with van der Waals surface area (Å²) in [6.07, 6.45) is 3.52. The minimum absolute atomic E-state index is 0.257. The van der Waals surface area contributed by atoms with Gasteiger partial charge in [-0.05, 0) is 35.3 Å². The third kappa shape index (κ3) is 4.54. The van der Waals surface area contributed by atoms with Gasteiger partial charge in [0.15, 0.2) is 5.82 Å². The van der Waals surface area contributed by atoms with Gasteiger partial charge in [0.05, 0.1) is 18.7 Å². The summed E-state index contributed by atoms with van der Waals surface area (Å²) in [6.45, 7) is 9.16. The summed E-state index contributed by atoms with van der Waals surface area (Å²) in [6, 6.07) is 11.0. The van der Waals surface area contributed by atoms with Crippen molar-refractivity contribution in [3.8, 4) is 0 Å². The molecule has 2 atom stereocenters. The van der Waals surface area contributed by atoms with E-state index in [0.717, 1.165) is 71.0 Å². The van der Waals surface area contributed by atoms with Gasteiger partial charge in [-0.1, -0.05) is 37.3 Å². The van der Waals surface area contributed by atoms with Crippen LogP contribution in [-0.2, 0) is 17.8 Å². The van der Waals surface area contributed by atoms with Gasteiger partial charge in [0.1, 0.15) is 0 Å². The summed E-state index contributed by atoms with van der Waals surface area (Å²) in [5, 5.41) is 12.6. The first-order chi connectivity index (χ1) is 13.3. The summed E-state index contributed by atoms with van der Waals surface area (Å²) < 4.78 is 7.75. The second-order valence-electron chi connectivity index (χ2n) is 7.58. The topological polar surface area (TPSA) is 59.3 Å². The molecule has 0 saturated carbocycles. The molecule has 2 aliphatic heterocycles. The number of tetrazole rings is 1. The second kappa shape index (κ2) is 8.91. The molecule has 0 spiro atoms. The Kier molecular flexibility index (Phi) is 6.11. The van der Waals surface area contributed by atoms with Crippen LogP contribution in [0.1, 0.15) is 43.6 Å². The molecule has 146 valence electrons. The smallest absolute Gasteiger partial charge is 0.168 e. The zero-order chi connectivity index (χ0) is 18.5. The minimum Gasteiger partial charge on any atom is -0.376 e. The molecule has 0 radical (unpaired) electrons. The van der Waals surface area contributed by atoms with Crippen LogP contribution < -0.4 is 0 Å². The average Bonchev–Trinajstić information content (AvgIpc) is 3.38. The van der Waals surface area contributed by atoms with Gasteiger partial charge in [0.25, 0.3) is 0 Å². The summed E-state index contributed by atoms with van der Waals surface area (Å²) in [5.41, 5.74) is 1.39. The number of nitrogens with zero attached hydrogens (tertiary/aromatic N) is 6. The lowest BCUT2D eigenvalue weighted by Crippen LogP contribution is -2.47. The molecule has 0 amide bonds. The van der Waals surface area contributed by atoms with Gasteiger partial charge in [-0.15, -0.1) is 5.10 Å². The van der Waals surface area contributed by atoms with Crippen molar-refractivity contribution in [3.63, 3.8) is 0 Å². The number of ether oxygens (including phenoxy) is 1. The minimum atomic E-state index is 0.257. The molecule has 1 aromatic heterocycles. The van der Waals surface area contributed by atoms with Gasteiger partial charge >= 0.3 is 0 Å². The molecule has 0 unspecified atom stereocenters. The van der Waals surface area contributed by atoms with Crippen LogP contribution in [0.15, 0.2) is 30.3 Å². The lowest BCUT2D eigenvalue weighted by atomic mass is 10.1. The summed E-state index contributed by atoms with van der Waals surface area (Å²) in [4.78, 5) is 5.08. The van der Waals surface area contributed by atoms with Crippen molar-refractivity contribution in [2.45, 2.75) is 51.4 Å². The lowest BCUT2D eigenvalue weighted by Gasteiger charge is -2.38. The van der Waals surface area contributed by atoms with Gasteiger partial charge in [0.2, 0.25) is 0 Å². The molecular weight excluding hydrogens is 340 g/mol. The highest BCUT2D eigenvalue weighted by Crippen LogP contribution is 2.25. The predicted octanol–water partition coefficient (Wildman–Crippen LogP) is 2.12. The highest BCUT2D eigenvalue weighted by atomic mass is 16.5. The molecular formula is C20H30N6O.